The van der Waals surface area contributed by atoms with Gasteiger partial charge in [0.2, 0.25) is 11.8 Å². The Morgan fingerprint density at radius 1 is 1.18 bits per heavy atom. The van der Waals surface area contributed by atoms with E-state index in [4.69, 9.17) is 10.5 Å². The summed E-state index contributed by atoms with van der Waals surface area (Å²) in [5.74, 6) is 1.46. The van der Waals surface area contributed by atoms with Crippen LogP contribution in [0.25, 0.3) is 0 Å². The number of hydrazone groups is 1. The number of rotatable bonds is 6. The SMILES string of the molecule is COc1ccc(C2CC3C4NN=C(CCC(=O)N5CCC(C(N)=O)CC5)N4C=CN3N2)cc1. The molecule has 10 heteroatoms. The normalized spacial score (nSPS) is 26.5. The Balaban J connectivity index is 1.15. The third kappa shape index (κ3) is 4.22. The van der Waals surface area contributed by atoms with Crippen LogP contribution in [0.4, 0.5) is 0 Å². The zero-order valence-corrected chi connectivity index (χ0v) is 18.8. The Kier molecular flexibility index (Phi) is 5.84. The molecule has 0 bridgehead atoms. The molecule has 0 radical (unpaired) electrons. The Morgan fingerprint density at radius 2 is 1.94 bits per heavy atom. The number of hydrogen-bond donors (Lipinski definition) is 3. The number of likely N-dealkylation sites (tertiary alicyclic amines) is 1. The van der Waals surface area contributed by atoms with Crippen molar-refractivity contribution in [3.05, 3.63) is 42.2 Å². The lowest BCUT2D eigenvalue weighted by Gasteiger charge is -2.37. The molecule has 2 saturated heterocycles. The van der Waals surface area contributed by atoms with Crippen LogP contribution < -0.4 is 21.3 Å². The van der Waals surface area contributed by atoms with Gasteiger partial charge in [-0.05, 0) is 37.0 Å². The molecule has 4 N–H and O–H groups in total. The van der Waals surface area contributed by atoms with Gasteiger partial charge in [-0.3, -0.25) is 15.0 Å². The number of nitrogens with two attached hydrogens (primary N) is 1. The summed E-state index contributed by atoms with van der Waals surface area (Å²) < 4.78 is 5.27. The second kappa shape index (κ2) is 8.93. The first-order chi connectivity index (χ1) is 16.0. The van der Waals surface area contributed by atoms with Crippen LogP contribution in [-0.4, -0.2) is 64.9 Å². The molecule has 0 aromatic heterocycles. The number of piperidine rings is 1. The predicted molar refractivity (Wildman–Crippen MR) is 122 cm³/mol. The van der Waals surface area contributed by atoms with Gasteiger partial charge in [0.1, 0.15) is 17.8 Å². The minimum absolute atomic E-state index is 0.0298. The molecule has 33 heavy (non-hydrogen) atoms. The number of hydrazine groups is 1. The van der Waals surface area contributed by atoms with E-state index in [0.717, 1.165) is 18.0 Å². The molecule has 3 atom stereocenters. The molecule has 0 aliphatic carbocycles. The van der Waals surface area contributed by atoms with E-state index in [1.165, 1.54) is 5.56 Å². The Hall–Kier alpha value is -3.27. The van der Waals surface area contributed by atoms with Crippen molar-refractivity contribution in [2.45, 2.75) is 50.4 Å². The fraction of sp³-hybridized carbons (Fsp3) is 0.522. The lowest BCUT2D eigenvalue weighted by atomic mass is 9.96. The maximum atomic E-state index is 12.7. The summed E-state index contributed by atoms with van der Waals surface area (Å²) in [4.78, 5) is 28.0. The zero-order valence-electron chi connectivity index (χ0n) is 18.8. The molecule has 5 rings (SSSR count). The van der Waals surface area contributed by atoms with Crippen molar-refractivity contribution in [1.29, 1.82) is 0 Å². The Labute approximate surface area is 193 Å². The summed E-state index contributed by atoms with van der Waals surface area (Å²) in [6.07, 6.45) is 7.31. The van der Waals surface area contributed by atoms with Gasteiger partial charge >= 0.3 is 0 Å². The van der Waals surface area contributed by atoms with E-state index < -0.39 is 0 Å². The first kappa shape index (κ1) is 21.6. The number of amides is 2. The Bertz CT molecular complexity index is 955. The van der Waals surface area contributed by atoms with E-state index in [1.807, 2.05) is 29.4 Å². The highest BCUT2D eigenvalue weighted by Gasteiger charge is 2.44. The molecule has 4 heterocycles. The molecular formula is C23H31N7O3. The summed E-state index contributed by atoms with van der Waals surface area (Å²) in [5.41, 5.74) is 13.5. The van der Waals surface area contributed by atoms with E-state index >= 15 is 0 Å². The maximum absolute atomic E-state index is 12.7. The molecule has 4 aliphatic rings. The molecule has 2 fully saturated rings. The van der Waals surface area contributed by atoms with Gasteiger partial charge in [0.05, 0.1) is 19.2 Å². The summed E-state index contributed by atoms with van der Waals surface area (Å²) in [5, 5.41) is 6.70. The van der Waals surface area contributed by atoms with E-state index in [1.54, 1.807) is 7.11 Å². The van der Waals surface area contributed by atoms with Crippen LogP contribution in [0.15, 0.2) is 41.8 Å². The zero-order chi connectivity index (χ0) is 22.9. The largest absolute Gasteiger partial charge is 0.497 e. The van der Waals surface area contributed by atoms with Crippen LogP contribution in [0.1, 0.15) is 43.7 Å². The van der Waals surface area contributed by atoms with Crippen LogP contribution in [0, 0.1) is 5.92 Å². The number of nitrogens with one attached hydrogen (secondary N) is 2. The quantitative estimate of drug-likeness (QED) is 0.585. The first-order valence-electron chi connectivity index (χ1n) is 11.6. The maximum Gasteiger partial charge on any atom is 0.223 e. The molecule has 1 aromatic carbocycles. The number of fused-ring (bicyclic) bond motifs is 3. The Morgan fingerprint density at radius 3 is 2.64 bits per heavy atom. The lowest BCUT2D eigenvalue weighted by Crippen LogP contribution is -2.54. The number of benzene rings is 1. The third-order valence-electron chi connectivity index (χ3n) is 7.15. The van der Waals surface area contributed by atoms with Crippen molar-refractivity contribution < 1.29 is 14.3 Å². The first-order valence-corrected chi connectivity index (χ1v) is 11.6. The van der Waals surface area contributed by atoms with Crippen molar-refractivity contribution in [2.24, 2.45) is 16.8 Å². The molecule has 2 amide bonds. The van der Waals surface area contributed by atoms with Gasteiger partial charge in [-0.15, -0.1) is 0 Å². The summed E-state index contributed by atoms with van der Waals surface area (Å²) >= 11 is 0. The number of carbonyl (C=O) groups excluding carboxylic acids is 2. The van der Waals surface area contributed by atoms with Gasteiger partial charge in [0, 0.05) is 44.2 Å². The van der Waals surface area contributed by atoms with E-state index in [9.17, 15) is 9.59 Å². The molecule has 10 nitrogen and oxygen atoms in total. The molecule has 0 saturated carbocycles. The number of hydrogen-bond acceptors (Lipinski definition) is 8. The van der Waals surface area contributed by atoms with Gasteiger partial charge in [0.25, 0.3) is 0 Å². The smallest absolute Gasteiger partial charge is 0.223 e. The minimum Gasteiger partial charge on any atom is -0.497 e. The monoisotopic (exact) mass is 453 g/mol. The second-order valence-corrected chi connectivity index (χ2v) is 9.03. The molecule has 0 spiro atoms. The van der Waals surface area contributed by atoms with Crippen LogP contribution >= 0.6 is 0 Å². The van der Waals surface area contributed by atoms with Gasteiger partial charge in [-0.25, -0.2) is 5.43 Å². The van der Waals surface area contributed by atoms with E-state index in [0.29, 0.717) is 38.8 Å². The average molecular weight is 454 g/mol. The average Bonchev–Trinajstić information content (AvgIpc) is 3.46. The molecular weight excluding hydrogens is 422 g/mol. The van der Waals surface area contributed by atoms with E-state index in [-0.39, 0.29) is 36.0 Å². The summed E-state index contributed by atoms with van der Waals surface area (Å²) in [6.45, 7) is 1.19. The van der Waals surface area contributed by atoms with Crippen LogP contribution in [-0.2, 0) is 9.59 Å². The van der Waals surface area contributed by atoms with Crippen LogP contribution in [0.3, 0.4) is 0 Å². The number of amidine groups is 1. The molecule has 4 aliphatic heterocycles. The van der Waals surface area contributed by atoms with Crippen LogP contribution in [0.5, 0.6) is 5.75 Å². The predicted octanol–water partition coefficient (Wildman–Crippen LogP) is 0.849. The van der Waals surface area contributed by atoms with Crippen molar-refractivity contribution in [3.63, 3.8) is 0 Å². The van der Waals surface area contributed by atoms with Crippen molar-refractivity contribution in [3.8, 4) is 5.75 Å². The van der Waals surface area contributed by atoms with Gasteiger partial charge in [-0.1, -0.05) is 12.1 Å². The lowest BCUT2D eigenvalue weighted by molar-refractivity contribution is -0.134. The van der Waals surface area contributed by atoms with Gasteiger partial charge in [-0.2, -0.15) is 5.10 Å². The number of ether oxygens (including phenoxy) is 1. The van der Waals surface area contributed by atoms with Crippen molar-refractivity contribution >= 4 is 17.6 Å². The summed E-state index contributed by atoms with van der Waals surface area (Å²) in [6, 6.07) is 8.59. The number of primary amides is 1. The van der Waals surface area contributed by atoms with Crippen molar-refractivity contribution in [2.75, 3.05) is 20.2 Å². The fourth-order valence-corrected chi connectivity index (χ4v) is 5.16. The van der Waals surface area contributed by atoms with Gasteiger partial charge < -0.3 is 25.3 Å². The summed E-state index contributed by atoms with van der Waals surface area (Å²) in [7, 11) is 1.67. The highest BCUT2D eigenvalue weighted by Crippen LogP contribution is 2.34. The van der Waals surface area contributed by atoms with Crippen molar-refractivity contribution in [1.82, 2.24) is 25.7 Å². The number of methoxy groups -OCH3 is 1. The highest BCUT2D eigenvalue weighted by atomic mass is 16.5. The molecule has 1 aromatic rings. The highest BCUT2D eigenvalue weighted by molar-refractivity contribution is 5.89. The fourth-order valence-electron chi connectivity index (χ4n) is 5.16. The minimum atomic E-state index is -0.263. The molecule has 176 valence electrons. The standard InChI is InChI=1S/C23H31N7O3/c1-33-17-4-2-15(3-5-17)18-14-19-23-26-25-20(29(23)12-13-30(19)27-18)6-7-21(31)28-10-8-16(9-11-28)22(24)32/h2-5,12-13,16,18-19,23,26-27H,6-11,14H2,1H3,(H2,24,32). The topological polar surface area (TPSA) is 116 Å². The van der Waals surface area contributed by atoms with Crippen LogP contribution in [0.2, 0.25) is 0 Å². The number of carbonyl (C=O) groups is 2. The van der Waals surface area contributed by atoms with E-state index in [2.05, 4.69) is 38.0 Å². The third-order valence-corrected chi connectivity index (χ3v) is 7.15. The molecule has 3 unspecified atom stereocenters. The van der Waals surface area contributed by atoms with Gasteiger partial charge in [0.15, 0.2) is 0 Å². The number of nitrogens with zero attached hydrogens (tertiary/aromatic N) is 4. The second-order valence-electron chi connectivity index (χ2n) is 9.03.